The molecule has 0 spiro atoms. The van der Waals surface area contributed by atoms with Crippen molar-refractivity contribution in [1.29, 1.82) is 0 Å². The third-order valence-electron chi connectivity index (χ3n) is 3.86. The third kappa shape index (κ3) is 5.02. The van der Waals surface area contributed by atoms with Gasteiger partial charge in [0.1, 0.15) is 0 Å². The topological polar surface area (TPSA) is 75.7 Å². The number of carbonyl (C=O) groups excluding carboxylic acids is 3. The van der Waals surface area contributed by atoms with E-state index in [0.29, 0.717) is 16.5 Å². The Balaban J connectivity index is 1.48. The van der Waals surface area contributed by atoms with E-state index >= 15 is 0 Å². The second-order valence-electron chi connectivity index (χ2n) is 5.74. The van der Waals surface area contributed by atoms with E-state index < -0.39 is 18.5 Å². The van der Waals surface area contributed by atoms with Gasteiger partial charge in [-0.2, -0.15) is 0 Å². The number of fused-ring (bicyclic) bond motifs is 1. The largest absolute Gasteiger partial charge is 0.456 e. The van der Waals surface area contributed by atoms with E-state index in [1.165, 1.54) is 11.8 Å². The maximum absolute atomic E-state index is 12.1. The summed E-state index contributed by atoms with van der Waals surface area (Å²) in [5.41, 5.74) is 1.25. The molecule has 1 N–H and O–H groups in total. The molecule has 8 heteroatoms. The van der Waals surface area contributed by atoms with Gasteiger partial charge in [0.15, 0.2) is 6.61 Å². The third-order valence-corrected chi connectivity index (χ3v) is 5.24. The summed E-state index contributed by atoms with van der Waals surface area (Å²) >= 11 is 7.44. The lowest BCUT2D eigenvalue weighted by Gasteiger charge is -2.28. The van der Waals surface area contributed by atoms with Crippen LogP contribution in [0.25, 0.3) is 0 Å². The van der Waals surface area contributed by atoms with Crippen molar-refractivity contribution < 1.29 is 19.1 Å². The minimum absolute atomic E-state index is 0.00408. The highest BCUT2D eigenvalue weighted by Gasteiger charge is 2.25. The first-order valence-electron chi connectivity index (χ1n) is 8.27. The van der Waals surface area contributed by atoms with Gasteiger partial charge in [0, 0.05) is 11.4 Å². The molecule has 27 heavy (non-hydrogen) atoms. The average molecular weight is 405 g/mol. The number of halogens is 1. The number of esters is 1. The van der Waals surface area contributed by atoms with Gasteiger partial charge in [-0.1, -0.05) is 35.9 Å². The number of ether oxygens (including phenoxy) is 1. The summed E-state index contributed by atoms with van der Waals surface area (Å²) in [7, 11) is 0. The van der Waals surface area contributed by atoms with Crippen molar-refractivity contribution in [3.63, 3.8) is 0 Å². The van der Waals surface area contributed by atoms with Crippen LogP contribution >= 0.6 is 23.4 Å². The highest BCUT2D eigenvalue weighted by Crippen LogP contribution is 2.34. The normalized spacial score (nSPS) is 13.1. The fourth-order valence-corrected chi connectivity index (χ4v) is 3.69. The molecule has 6 nitrogen and oxygen atoms in total. The zero-order chi connectivity index (χ0) is 19.2. The molecule has 0 bridgehead atoms. The van der Waals surface area contributed by atoms with Gasteiger partial charge < -0.3 is 15.0 Å². The Morgan fingerprint density at radius 1 is 1.15 bits per heavy atom. The number of para-hydroxylation sites is 2. The molecule has 0 aromatic heterocycles. The van der Waals surface area contributed by atoms with Crippen molar-refractivity contribution in [2.45, 2.75) is 11.3 Å². The molecule has 140 valence electrons. The standard InChI is InChI=1S/C19H17ClN2O4S/c20-13-5-1-2-6-14(13)21-17(23)11-26-19(25)9-10-22-15-7-3-4-8-16(15)27-12-18(22)24/h1-8H,9-12H2,(H,21,23). The highest BCUT2D eigenvalue weighted by atomic mass is 35.5. The highest BCUT2D eigenvalue weighted by molar-refractivity contribution is 8.00. The predicted molar refractivity (Wildman–Crippen MR) is 105 cm³/mol. The van der Waals surface area contributed by atoms with Crippen LogP contribution in [0.3, 0.4) is 0 Å². The number of thioether (sulfide) groups is 1. The maximum atomic E-state index is 12.1. The van der Waals surface area contributed by atoms with Gasteiger partial charge in [0.05, 0.1) is 28.6 Å². The summed E-state index contributed by atoms with van der Waals surface area (Å²) in [5, 5.41) is 2.98. The van der Waals surface area contributed by atoms with Crippen LogP contribution in [0.1, 0.15) is 6.42 Å². The quantitative estimate of drug-likeness (QED) is 0.747. The Bertz CT molecular complexity index is 874. The number of carbonyl (C=O) groups is 3. The van der Waals surface area contributed by atoms with E-state index in [4.69, 9.17) is 16.3 Å². The SMILES string of the molecule is O=C(COC(=O)CCN1C(=O)CSc2ccccc21)Nc1ccccc1Cl. The van der Waals surface area contributed by atoms with Gasteiger partial charge in [0.25, 0.3) is 5.91 Å². The van der Waals surface area contributed by atoms with Gasteiger partial charge in [-0.3, -0.25) is 14.4 Å². The molecule has 0 atom stereocenters. The summed E-state index contributed by atoms with van der Waals surface area (Å²) in [6, 6.07) is 14.3. The molecule has 2 aromatic carbocycles. The van der Waals surface area contributed by atoms with Crippen LogP contribution < -0.4 is 10.2 Å². The second-order valence-corrected chi connectivity index (χ2v) is 7.16. The number of rotatable bonds is 6. The first-order valence-corrected chi connectivity index (χ1v) is 9.63. The van der Waals surface area contributed by atoms with E-state index in [9.17, 15) is 14.4 Å². The summed E-state index contributed by atoms with van der Waals surface area (Å²) in [6.07, 6.45) is 0.00408. The van der Waals surface area contributed by atoms with Crippen LogP contribution in [-0.4, -0.2) is 36.7 Å². The molecule has 0 fully saturated rings. The van der Waals surface area contributed by atoms with Gasteiger partial charge >= 0.3 is 5.97 Å². The lowest BCUT2D eigenvalue weighted by molar-refractivity contribution is -0.147. The molecule has 1 heterocycles. The fraction of sp³-hybridized carbons (Fsp3) is 0.211. The van der Waals surface area contributed by atoms with E-state index in [0.717, 1.165) is 10.6 Å². The van der Waals surface area contributed by atoms with Crippen molar-refractivity contribution in [3.05, 3.63) is 53.6 Å². The van der Waals surface area contributed by atoms with Crippen LogP contribution in [0.15, 0.2) is 53.4 Å². The van der Waals surface area contributed by atoms with Crippen molar-refractivity contribution in [1.82, 2.24) is 0 Å². The molecule has 0 radical (unpaired) electrons. The molecule has 0 aliphatic carbocycles. The lowest BCUT2D eigenvalue weighted by Crippen LogP contribution is -2.37. The molecule has 3 rings (SSSR count). The van der Waals surface area contributed by atoms with Gasteiger partial charge in [-0.15, -0.1) is 11.8 Å². The molecule has 0 saturated heterocycles. The summed E-state index contributed by atoms with van der Waals surface area (Å²) < 4.78 is 4.99. The molecular formula is C19H17ClN2O4S. The average Bonchev–Trinajstić information content (AvgIpc) is 2.67. The van der Waals surface area contributed by atoms with E-state index in [2.05, 4.69) is 5.32 Å². The van der Waals surface area contributed by atoms with Gasteiger partial charge in [-0.25, -0.2) is 0 Å². The summed E-state index contributed by atoms with van der Waals surface area (Å²) in [4.78, 5) is 38.6. The van der Waals surface area contributed by atoms with Crippen molar-refractivity contribution in [3.8, 4) is 0 Å². The Morgan fingerprint density at radius 2 is 1.89 bits per heavy atom. The molecule has 1 aliphatic heterocycles. The fourth-order valence-electron chi connectivity index (χ4n) is 2.57. The Labute approximate surface area is 165 Å². The van der Waals surface area contributed by atoms with E-state index in [1.54, 1.807) is 29.2 Å². The number of hydrogen-bond donors (Lipinski definition) is 1. The van der Waals surface area contributed by atoms with Crippen molar-refractivity contribution >= 4 is 52.5 Å². The summed E-state index contributed by atoms with van der Waals surface area (Å²) in [5.74, 6) is -0.741. The summed E-state index contributed by atoms with van der Waals surface area (Å²) in [6.45, 7) is -0.203. The Kier molecular flexibility index (Phi) is 6.36. The smallest absolute Gasteiger partial charge is 0.308 e. The van der Waals surface area contributed by atoms with E-state index in [-0.39, 0.29) is 18.9 Å². The van der Waals surface area contributed by atoms with Gasteiger partial charge in [0.2, 0.25) is 5.91 Å². The van der Waals surface area contributed by atoms with Gasteiger partial charge in [-0.05, 0) is 24.3 Å². The Hall–Kier alpha value is -2.51. The van der Waals surface area contributed by atoms with Crippen LogP contribution in [0.5, 0.6) is 0 Å². The zero-order valence-electron chi connectivity index (χ0n) is 14.3. The Morgan fingerprint density at radius 3 is 2.70 bits per heavy atom. The number of anilines is 2. The zero-order valence-corrected chi connectivity index (χ0v) is 15.9. The first kappa shape index (κ1) is 19.3. The molecule has 2 aromatic rings. The lowest BCUT2D eigenvalue weighted by atomic mass is 10.2. The molecule has 1 aliphatic rings. The monoisotopic (exact) mass is 404 g/mol. The minimum atomic E-state index is -0.548. The number of nitrogens with zero attached hydrogens (tertiary/aromatic N) is 1. The predicted octanol–water partition coefficient (Wildman–Crippen LogP) is 3.35. The molecule has 0 saturated carbocycles. The number of nitrogens with one attached hydrogen (secondary N) is 1. The van der Waals surface area contributed by atoms with Crippen LogP contribution in [0.4, 0.5) is 11.4 Å². The van der Waals surface area contributed by atoms with Crippen LogP contribution in [0, 0.1) is 0 Å². The van der Waals surface area contributed by atoms with Crippen LogP contribution in [0.2, 0.25) is 5.02 Å². The second kappa shape index (κ2) is 8.92. The minimum Gasteiger partial charge on any atom is -0.456 e. The first-order chi connectivity index (χ1) is 13.0. The van der Waals surface area contributed by atoms with Crippen molar-refractivity contribution in [2.24, 2.45) is 0 Å². The molecule has 2 amide bonds. The molecular weight excluding hydrogens is 388 g/mol. The van der Waals surface area contributed by atoms with E-state index in [1.807, 2.05) is 24.3 Å². The number of amides is 2. The number of benzene rings is 2. The van der Waals surface area contributed by atoms with Crippen molar-refractivity contribution in [2.75, 3.05) is 29.1 Å². The number of hydrogen-bond acceptors (Lipinski definition) is 5. The van der Waals surface area contributed by atoms with Crippen LogP contribution in [-0.2, 0) is 19.1 Å². The maximum Gasteiger partial charge on any atom is 0.308 e. The molecule has 0 unspecified atom stereocenters.